The number of carbonyl (C=O) groups is 1. The van der Waals surface area contributed by atoms with Gasteiger partial charge in [0, 0.05) is 58.3 Å². The van der Waals surface area contributed by atoms with E-state index < -0.39 is 5.97 Å². The highest BCUT2D eigenvalue weighted by Gasteiger charge is 2.27. The fourth-order valence-corrected chi connectivity index (χ4v) is 5.63. The van der Waals surface area contributed by atoms with Crippen molar-refractivity contribution in [1.82, 2.24) is 29.5 Å². The summed E-state index contributed by atoms with van der Waals surface area (Å²) in [4.78, 5) is 31.0. The van der Waals surface area contributed by atoms with Crippen LogP contribution in [0.5, 0.6) is 5.75 Å². The highest BCUT2D eigenvalue weighted by Crippen LogP contribution is 2.27. The maximum Gasteiger partial charge on any atom is 0.303 e. The van der Waals surface area contributed by atoms with Crippen molar-refractivity contribution in [2.75, 3.05) is 68.0 Å². The number of hydrogen-bond donors (Lipinski definition) is 2. The SMILES string of the molecule is Nc1nc(N2CCC[C@@H](CN3CCN(c4ccc(OCCCC(=O)O)cc4F)CC3)C2)nc2nc(-c3ccco3)nn12. The van der Waals surface area contributed by atoms with Crippen LogP contribution in [-0.2, 0) is 4.79 Å². The van der Waals surface area contributed by atoms with Gasteiger partial charge in [-0.25, -0.2) is 4.39 Å². The Bertz CT molecular complexity index is 1520. The zero-order valence-electron chi connectivity index (χ0n) is 23.2. The molecule has 0 spiro atoms. The third-order valence-corrected chi connectivity index (χ3v) is 7.72. The van der Waals surface area contributed by atoms with E-state index in [1.54, 1.807) is 30.5 Å². The van der Waals surface area contributed by atoms with Gasteiger partial charge in [0.1, 0.15) is 11.6 Å². The van der Waals surface area contributed by atoms with Gasteiger partial charge in [-0.2, -0.15) is 19.5 Å². The maximum atomic E-state index is 14.9. The number of aromatic nitrogens is 5. The second-order valence-electron chi connectivity index (χ2n) is 10.7. The van der Waals surface area contributed by atoms with E-state index in [-0.39, 0.29) is 24.8 Å². The summed E-state index contributed by atoms with van der Waals surface area (Å²) in [6.45, 7) is 5.99. The van der Waals surface area contributed by atoms with E-state index in [9.17, 15) is 9.18 Å². The summed E-state index contributed by atoms with van der Waals surface area (Å²) < 4.78 is 27.2. The summed E-state index contributed by atoms with van der Waals surface area (Å²) in [5.74, 6) is 1.76. The second kappa shape index (κ2) is 12.2. The third-order valence-electron chi connectivity index (χ3n) is 7.72. The summed E-state index contributed by atoms with van der Waals surface area (Å²) in [5, 5.41) is 13.1. The van der Waals surface area contributed by atoms with E-state index >= 15 is 0 Å². The van der Waals surface area contributed by atoms with Crippen molar-refractivity contribution in [2.45, 2.75) is 25.7 Å². The minimum Gasteiger partial charge on any atom is -0.493 e. The van der Waals surface area contributed by atoms with Gasteiger partial charge in [0.2, 0.25) is 17.7 Å². The molecular formula is C28H34FN9O4. The molecule has 3 N–H and O–H groups in total. The summed E-state index contributed by atoms with van der Waals surface area (Å²) in [5.41, 5.74) is 6.78. The number of nitrogens with zero attached hydrogens (tertiary/aromatic N) is 8. The fourth-order valence-electron chi connectivity index (χ4n) is 5.63. The van der Waals surface area contributed by atoms with Gasteiger partial charge < -0.3 is 29.8 Å². The summed E-state index contributed by atoms with van der Waals surface area (Å²) >= 11 is 0. The molecule has 2 fully saturated rings. The number of hydrogen-bond acceptors (Lipinski definition) is 11. The van der Waals surface area contributed by atoms with Gasteiger partial charge in [-0.05, 0) is 49.4 Å². The van der Waals surface area contributed by atoms with Crippen LogP contribution in [-0.4, -0.2) is 93.0 Å². The first-order valence-corrected chi connectivity index (χ1v) is 14.2. The quantitative estimate of drug-likeness (QED) is 0.266. The Hall–Kier alpha value is -4.46. The molecule has 0 amide bonds. The zero-order valence-corrected chi connectivity index (χ0v) is 23.2. The monoisotopic (exact) mass is 579 g/mol. The van der Waals surface area contributed by atoms with Gasteiger partial charge in [-0.3, -0.25) is 9.69 Å². The first-order chi connectivity index (χ1) is 20.4. The molecule has 1 aromatic carbocycles. The number of fused-ring (bicyclic) bond motifs is 1. The number of benzene rings is 1. The zero-order chi connectivity index (χ0) is 29.1. The van der Waals surface area contributed by atoms with Crippen LogP contribution in [0.2, 0.25) is 0 Å². The van der Waals surface area contributed by atoms with Crippen LogP contribution in [0, 0.1) is 11.7 Å². The van der Waals surface area contributed by atoms with E-state index in [4.69, 9.17) is 20.0 Å². The molecular weight excluding hydrogens is 545 g/mol. The molecule has 0 bridgehead atoms. The van der Waals surface area contributed by atoms with Gasteiger partial charge in [0.05, 0.1) is 18.6 Å². The molecule has 5 heterocycles. The van der Waals surface area contributed by atoms with Crippen LogP contribution in [0.1, 0.15) is 25.7 Å². The number of nitrogens with two attached hydrogens (primary N) is 1. The number of carboxylic acid groups (broad SMARTS) is 1. The molecule has 0 unspecified atom stereocenters. The molecule has 3 aromatic heterocycles. The lowest BCUT2D eigenvalue weighted by Gasteiger charge is -2.40. The van der Waals surface area contributed by atoms with Crippen molar-refractivity contribution in [1.29, 1.82) is 0 Å². The summed E-state index contributed by atoms with van der Waals surface area (Å²) in [6, 6.07) is 8.42. The van der Waals surface area contributed by atoms with Crippen LogP contribution in [0.15, 0.2) is 41.0 Å². The van der Waals surface area contributed by atoms with Crippen molar-refractivity contribution >= 4 is 29.3 Å². The Labute approximate surface area is 241 Å². The Morgan fingerprint density at radius 3 is 2.74 bits per heavy atom. The molecule has 4 aromatic rings. The third kappa shape index (κ3) is 6.22. The minimum atomic E-state index is -0.870. The average Bonchev–Trinajstić information content (AvgIpc) is 3.67. The number of rotatable bonds is 10. The number of piperazine rings is 1. The second-order valence-corrected chi connectivity index (χ2v) is 10.7. The number of nitrogen functional groups attached to an aromatic ring is 1. The molecule has 0 radical (unpaired) electrons. The summed E-state index contributed by atoms with van der Waals surface area (Å²) in [7, 11) is 0. The lowest BCUT2D eigenvalue weighted by molar-refractivity contribution is -0.137. The van der Waals surface area contributed by atoms with Crippen LogP contribution in [0.25, 0.3) is 17.4 Å². The molecule has 6 rings (SSSR count). The molecule has 2 aliphatic heterocycles. The van der Waals surface area contributed by atoms with Crippen LogP contribution >= 0.6 is 0 Å². The number of furan rings is 1. The van der Waals surface area contributed by atoms with Crippen molar-refractivity contribution in [3.8, 4) is 17.3 Å². The smallest absolute Gasteiger partial charge is 0.303 e. The van der Waals surface area contributed by atoms with Gasteiger partial charge in [0.15, 0.2) is 5.76 Å². The molecule has 2 saturated heterocycles. The fraction of sp³-hybridized carbons (Fsp3) is 0.464. The molecule has 1 atom stereocenters. The van der Waals surface area contributed by atoms with E-state index in [0.29, 0.717) is 47.1 Å². The van der Waals surface area contributed by atoms with Crippen molar-refractivity contribution in [3.63, 3.8) is 0 Å². The van der Waals surface area contributed by atoms with Gasteiger partial charge in [-0.15, -0.1) is 5.10 Å². The molecule has 14 heteroatoms. The average molecular weight is 580 g/mol. The normalized spacial score (nSPS) is 18.1. The van der Waals surface area contributed by atoms with Gasteiger partial charge >= 0.3 is 5.97 Å². The Kier molecular flexibility index (Phi) is 8.04. The molecule has 13 nitrogen and oxygen atoms in total. The molecule has 222 valence electrons. The predicted molar refractivity (Wildman–Crippen MR) is 153 cm³/mol. The summed E-state index contributed by atoms with van der Waals surface area (Å²) in [6.07, 6.45) is 4.12. The van der Waals surface area contributed by atoms with E-state index in [1.165, 1.54) is 10.6 Å². The van der Waals surface area contributed by atoms with Crippen LogP contribution < -0.4 is 20.3 Å². The molecule has 42 heavy (non-hydrogen) atoms. The van der Waals surface area contributed by atoms with E-state index in [1.807, 2.05) is 0 Å². The highest BCUT2D eigenvalue weighted by molar-refractivity contribution is 5.66. The number of piperidine rings is 1. The topological polar surface area (TPSA) is 151 Å². The number of aliphatic carboxylic acids is 1. The number of carboxylic acids is 1. The lowest BCUT2D eigenvalue weighted by atomic mass is 9.97. The first kappa shape index (κ1) is 27.7. The number of halogens is 1. The Morgan fingerprint density at radius 2 is 1.98 bits per heavy atom. The molecule has 0 saturated carbocycles. The molecule has 0 aliphatic carbocycles. The predicted octanol–water partition coefficient (Wildman–Crippen LogP) is 2.78. The largest absolute Gasteiger partial charge is 0.493 e. The lowest BCUT2D eigenvalue weighted by Crippen LogP contribution is -2.50. The van der Waals surface area contributed by atoms with Crippen LogP contribution in [0.4, 0.5) is 22.0 Å². The minimum absolute atomic E-state index is 0.0267. The number of ether oxygens (including phenoxy) is 1. The Morgan fingerprint density at radius 1 is 1.12 bits per heavy atom. The van der Waals surface area contributed by atoms with Gasteiger partial charge in [-0.1, -0.05) is 0 Å². The van der Waals surface area contributed by atoms with E-state index in [0.717, 1.165) is 58.7 Å². The highest BCUT2D eigenvalue weighted by atomic mass is 19.1. The molecule has 2 aliphatic rings. The van der Waals surface area contributed by atoms with Crippen molar-refractivity contribution in [2.24, 2.45) is 5.92 Å². The van der Waals surface area contributed by atoms with Crippen LogP contribution in [0.3, 0.4) is 0 Å². The maximum absolute atomic E-state index is 14.9. The van der Waals surface area contributed by atoms with Crippen molar-refractivity contribution < 1.29 is 23.4 Å². The van der Waals surface area contributed by atoms with E-state index in [2.05, 4.69) is 34.8 Å². The van der Waals surface area contributed by atoms with Crippen molar-refractivity contribution in [3.05, 3.63) is 42.4 Å². The first-order valence-electron chi connectivity index (χ1n) is 14.2. The Balaban J connectivity index is 1.02. The number of anilines is 3. The standard InChI is InChI=1S/C28H34FN9O4/c29-21-16-20(41-14-3-6-24(39)40)7-8-22(21)36-12-10-35(11-13-36)17-19-4-1-9-37(18-19)27-32-26(30)38-28(33-27)31-25(34-38)23-5-2-15-42-23/h2,5,7-8,15-16,19H,1,3-4,6,9-14,17-18H2,(H,39,40)(H2,30,31,32,33,34)/t19-/m0/s1. The van der Waals surface area contributed by atoms with Gasteiger partial charge in [0.25, 0.3) is 5.78 Å².